The third-order valence-corrected chi connectivity index (χ3v) is 5.75. The number of aromatic nitrogens is 2. The highest BCUT2D eigenvalue weighted by Crippen LogP contribution is 2.36. The normalized spacial score (nSPS) is 34.2. The molecule has 2 saturated heterocycles. The van der Waals surface area contributed by atoms with E-state index in [2.05, 4.69) is 33.2 Å². The van der Waals surface area contributed by atoms with Crippen LogP contribution in [0.5, 0.6) is 0 Å². The van der Waals surface area contributed by atoms with Gasteiger partial charge in [-0.2, -0.15) is 0 Å². The number of nitrogens with zero attached hydrogens (tertiary/aromatic N) is 3. The monoisotopic (exact) mass is 316 g/mol. The molecule has 1 saturated carbocycles. The van der Waals surface area contributed by atoms with E-state index >= 15 is 0 Å². The largest absolute Gasteiger partial charge is 0.378 e. The van der Waals surface area contributed by atoms with E-state index in [4.69, 9.17) is 4.74 Å². The van der Waals surface area contributed by atoms with Crippen LogP contribution in [0.25, 0.3) is 0 Å². The van der Waals surface area contributed by atoms with Gasteiger partial charge < -0.3 is 15.0 Å². The molecule has 1 aromatic heterocycles. The lowest BCUT2D eigenvalue weighted by Gasteiger charge is -2.34. The fraction of sp³-hybridized carbons (Fsp3) is 0.778. The number of piperidine rings is 1. The Hall–Kier alpha value is -1.36. The standard InChI is InChI=1S/C18H28N4O/c1-13-4-3-8-22(11-13)18-10-17(19-12-20-18)21-15-5-2-6-16-14(15)7-9-23-16/h10,12-16H,2-9,11H2,1H3,(H,19,20,21). The van der Waals surface area contributed by atoms with Crippen LogP contribution in [-0.2, 0) is 4.74 Å². The van der Waals surface area contributed by atoms with Crippen molar-refractivity contribution in [3.63, 3.8) is 0 Å². The van der Waals surface area contributed by atoms with Gasteiger partial charge in [-0.3, -0.25) is 0 Å². The first-order chi connectivity index (χ1) is 11.3. The van der Waals surface area contributed by atoms with Crippen molar-refractivity contribution in [2.75, 3.05) is 29.9 Å². The number of hydrogen-bond acceptors (Lipinski definition) is 5. The summed E-state index contributed by atoms with van der Waals surface area (Å²) in [7, 11) is 0. The van der Waals surface area contributed by atoms with Gasteiger partial charge in [0.05, 0.1) is 6.10 Å². The first-order valence-corrected chi connectivity index (χ1v) is 9.25. The van der Waals surface area contributed by atoms with Crippen molar-refractivity contribution in [3.8, 4) is 0 Å². The molecule has 0 bridgehead atoms. The second-order valence-electron chi connectivity index (χ2n) is 7.50. The molecule has 126 valence electrons. The maximum absolute atomic E-state index is 5.87. The number of fused-ring (bicyclic) bond motifs is 1. The number of rotatable bonds is 3. The molecule has 0 aromatic carbocycles. The summed E-state index contributed by atoms with van der Waals surface area (Å²) >= 11 is 0. The first-order valence-electron chi connectivity index (χ1n) is 9.25. The molecule has 1 N–H and O–H groups in total. The molecule has 5 nitrogen and oxygen atoms in total. The van der Waals surface area contributed by atoms with Gasteiger partial charge in [0.15, 0.2) is 0 Å². The quantitative estimate of drug-likeness (QED) is 0.928. The summed E-state index contributed by atoms with van der Waals surface area (Å²) in [5.74, 6) is 3.46. The molecule has 5 heteroatoms. The second kappa shape index (κ2) is 6.63. The van der Waals surface area contributed by atoms with Crippen molar-refractivity contribution in [1.29, 1.82) is 0 Å². The lowest BCUT2D eigenvalue weighted by atomic mass is 9.82. The zero-order chi connectivity index (χ0) is 15.6. The molecular weight excluding hydrogens is 288 g/mol. The molecule has 0 spiro atoms. The van der Waals surface area contributed by atoms with Crippen molar-refractivity contribution in [1.82, 2.24) is 9.97 Å². The Labute approximate surface area is 138 Å². The predicted molar refractivity (Wildman–Crippen MR) is 91.8 cm³/mol. The van der Waals surface area contributed by atoms with E-state index < -0.39 is 0 Å². The van der Waals surface area contributed by atoms with E-state index in [9.17, 15) is 0 Å². The van der Waals surface area contributed by atoms with E-state index in [-0.39, 0.29) is 0 Å². The van der Waals surface area contributed by atoms with Crippen LogP contribution < -0.4 is 10.2 Å². The molecule has 1 aliphatic carbocycles. The lowest BCUT2D eigenvalue weighted by molar-refractivity contribution is 0.0619. The first kappa shape index (κ1) is 15.2. The van der Waals surface area contributed by atoms with Crippen LogP contribution in [-0.4, -0.2) is 41.8 Å². The highest BCUT2D eigenvalue weighted by atomic mass is 16.5. The minimum Gasteiger partial charge on any atom is -0.378 e. The summed E-state index contributed by atoms with van der Waals surface area (Å²) in [6, 6.07) is 2.64. The van der Waals surface area contributed by atoms with E-state index in [0.29, 0.717) is 18.1 Å². The molecule has 3 heterocycles. The van der Waals surface area contributed by atoms with E-state index in [1.54, 1.807) is 6.33 Å². The summed E-state index contributed by atoms with van der Waals surface area (Å²) in [5.41, 5.74) is 0. The van der Waals surface area contributed by atoms with Crippen molar-refractivity contribution < 1.29 is 4.74 Å². The molecule has 0 radical (unpaired) electrons. The predicted octanol–water partition coefficient (Wildman–Crippen LogP) is 3.08. The molecule has 4 atom stereocenters. The van der Waals surface area contributed by atoms with E-state index in [0.717, 1.165) is 37.3 Å². The Morgan fingerprint density at radius 2 is 2.13 bits per heavy atom. The second-order valence-corrected chi connectivity index (χ2v) is 7.50. The fourth-order valence-electron chi connectivity index (χ4n) is 4.54. The smallest absolute Gasteiger partial charge is 0.134 e. The van der Waals surface area contributed by atoms with Crippen LogP contribution in [0.2, 0.25) is 0 Å². The summed E-state index contributed by atoms with van der Waals surface area (Å²) in [4.78, 5) is 11.4. The minimum absolute atomic E-state index is 0.463. The maximum atomic E-state index is 5.87. The van der Waals surface area contributed by atoms with Gasteiger partial charge in [0, 0.05) is 37.7 Å². The van der Waals surface area contributed by atoms with Crippen molar-refractivity contribution >= 4 is 11.6 Å². The number of hydrogen-bond donors (Lipinski definition) is 1. The molecule has 3 aliphatic rings. The Kier molecular flexibility index (Phi) is 4.38. The molecule has 1 aromatic rings. The Balaban J connectivity index is 1.45. The molecule has 4 rings (SSSR count). The molecule has 0 amide bonds. The molecule has 2 aliphatic heterocycles. The van der Waals surface area contributed by atoms with Gasteiger partial charge in [0.25, 0.3) is 0 Å². The van der Waals surface area contributed by atoms with Gasteiger partial charge in [-0.1, -0.05) is 6.92 Å². The number of nitrogens with one attached hydrogen (secondary N) is 1. The van der Waals surface area contributed by atoms with Crippen molar-refractivity contribution in [2.45, 2.75) is 57.6 Å². The molecular formula is C18H28N4O. The third kappa shape index (κ3) is 3.30. The highest BCUT2D eigenvalue weighted by Gasteiger charge is 2.37. The van der Waals surface area contributed by atoms with Gasteiger partial charge in [-0.15, -0.1) is 0 Å². The average molecular weight is 316 g/mol. The van der Waals surface area contributed by atoms with Crippen LogP contribution in [0.4, 0.5) is 11.6 Å². The molecule has 4 unspecified atom stereocenters. The van der Waals surface area contributed by atoms with Crippen LogP contribution >= 0.6 is 0 Å². The van der Waals surface area contributed by atoms with Gasteiger partial charge in [0.1, 0.15) is 18.0 Å². The Morgan fingerprint density at radius 1 is 1.17 bits per heavy atom. The Bertz CT molecular complexity index is 538. The minimum atomic E-state index is 0.463. The Morgan fingerprint density at radius 3 is 3.04 bits per heavy atom. The lowest BCUT2D eigenvalue weighted by Crippen LogP contribution is -2.38. The topological polar surface area (TPSA) is 50.3 Å². The summed E-state index contributed by atoms with van der Waals surface area (Å²) in [6.07, 6.45) is 9.65. The van der Waals surface area contributed by atoms with Gasteiger partial charge in [-0.25, -0.2) is 9.97 Å². The maximum Gasteiger partial charge on any atom is 0.134 e. The summed E-state index contributed by atoms with van der Waals surface area (Å²) < 4.78 is 5.87. The molecule has 23 heavy (non-hydrogen) atoms. The van der Waals surface area contributed by atoms with Crippen LogP contribution in [0, 0.1) is 11.8 Å². The zero-order valence-electron chi connectivity index (χ0n) is 14.1. The van der Waals surface area contributed by atoms with Crippen molar-refractivity contribution in [3.05, 3.63) is 12.4 Å². The summed E-state index contributed by atoms with van der Waals surface area (Å²) in [5, 5.41) is 3.69. The average Bonchev–Trinajstić information content (AvgIpc) is 3.05. The van der Waals surface area contributed by atoms with Gasteiger partial charge >= 0.3 is 0 Å². The van der Waals surface area contributed by atoms with E-state index in [1.807, 2.05) is 0 Å². The zero-order valence-corrected chi connectivity index (χ0v) is 14.1. The van der Waals surface area contributed by atoms with E-state index in [1.165, 1.54) is 38.5 Å². The third-order valence-electron chi connectivity index (χ3n) is 5.75. The highest BCUT2D eigenvalue weighted by molar-refractivity contribution is 5.49. The van der Waals surface area contributed by atoms with Crippen LogP contribution in [0.1, 0.15) is 45.4 Å². The van der Waals surface area contributed by atoms with Gasteiger partial charge in [0.2, 0.25) is 0 Å². The fourth-order valence-corrected chi connectivity index (χ4v) is 4.54. The number of ether oxygens (including phenoxy) is 1. The number of anilines is 2. The van der Waals surface area contributed by atoms with Gasteiger partial charge in [-0.05, 0) is 44.4 Å². The van der Waals surface area contributed by atoms with Crippen LogP contribution in [0.15, 0.2) is 12.4 Å². The van der Waals surface area contributed by atoms with Crippen molar-refractivity contribution in [2.24, 2.45) is 11.8 Å². The SMILES string of the molecule is CC1CCCN(c2cc(NC3CCCC4OCCC34)ncn2)C1. The summed E-state index contributed by atoms with van der Waals surface area (Å²) in [6.45, 7) is 5.48. The molecule has 3 fully saturated rings. The van der Waals surface area contributed by atoms with Crippen LogP contribution in [0.3, 0.4) is 0 Å².